The summed E-state index contributed by atoms with van der Waals surface area (Å²) in [6.07, 6.45) is 0. The van der Waals surface area contributed by atoms with Crippen molar-refractivity contribution < 1.29 is 0 Å². The van der Waals surface area contributed by atoms with Crippen LogP contribution in [0.1, 0.15) is 0 Å². The Balaban J connectivity index is 0.569. The maximum Gasteiger partial charge on any atom is 0.238 e. The van der Waals surface area contributed by atoms with Gasteiger partial charge in [0.05, 0.1) is 55.5 Å². The molecule has 6 heterocycles. The van der Waals surface area contributed by atoms with Gasteiger partial charge in [-0.3, -0.25) is 9.13 Å². The summed E-state index contributed by atoms with van der Waals surface area (Å²) < 4.78 is 9.18. The number of benzene rings is 16. The predicted molar refractivity (Wildman–Crippen MR) is 462 cm³/mol. The fourth-order valence-corrected chi connectivity index (χ4v) is 16.9. The minimum atomic E-state index is 0.543. The van der Waals surface area contributed by atoms with Crippen LogP contribution >= 0.6 is 0 Å². The number of nitrogens with zero attached hydrogens (tertiary/aromatic N) is 9. The Morgan fingerprint density at radius 1 is 0.143 bits per heavy atom. The molecule has 112 heavy (non-hydrogen) atoms. The highest BCUT2D eigenvalue weighted by atomic mass is 15.2. The van der Waals surface area contributed by atoms with Gasteiger partial charge < -0.3 is 9.13 Å². The summed E-state index contributed by atoms with van der Waals surface area (Å²) in [7, 11) is 0. The van der Waals surface area contributed by atoms with Crippen molar-refractivity contribution in [1.82, 2.24) is 43.2 Å². The van der Waals surface area contributed by atoms with E-state index in [1.54, 1.807) is 0 Å². The van der Waals surface area contributed by atoms with E-state index in [2.05, 4.69) is 382 Å². The van der Waals surface area contributed by atoms with E-state index in [0.29, 0.717) is 23.5 Å². The first-order valence-electron chi connectivity index (χ1n) is 37.9. The van der Waals surface area contributed by atoms with E-state index in [9.17, 15) is 0 Å². The van der Waals surface area contributed by atoms with Crippen LogP contribution < -0.4 is 0 Å². The van der Waals surface area contributed by atoms with E-state index < -0.39 is 0 Å². The fourth-order valence-electron chi connectivity index (χ4n) is 16.9. The Morgan fingerprint density at radius 2 is 0.420 bits per heavy atom. The molecular formula is C103H65N9. The molecule has 0 saturated heterocycles. The summed E-state index contributed by atoms with van der Waals surface area (Å²) in [6, 6.07) is 141. The van der Waals surface area contributed by atoms with Gasteiger partial charge >= 0.3 is 0 Å². The monoisotopic (exact) mass is 1430 g/mol. The SMILES string of the molecule is c1ccc(-c2cc(-c3ccccc3)nc(-n3c4ccccc4c4cc(-c5ccc(-c6ccc7c(c6)c6ccccc6n7-c6cccc(-c7cccc(-c8nc(-c9ccccc9)nc(-n9c%10ccccc%10c%10cc(-c%11ccc(-c%12ccc%13c(c%12)c%12ccccc%12n%13-c%12ccccc%12)cc%11)ccc%109)n8)c7)c6)cc5)ccc43)n2)cc1. The Labute approximate surface area is 644 Å². The molecule has 522 valence electrons. The highest BCUT2D eigenvalue weighted by molar-refractivity contribution is 6.14. The first-order chi connectivity index (χ1) is 55.5. The number of aromatic nitrogens is 9. The van der Waals surface area contributed by atoms with Crippen LogP contribution in [0.15, 0.2) is 394 Å². The van der Waals surface area contributed by atoms with E-state index in [4.69, 9.17) is 24.9 Å². The second kappa shape index (κ2) is 26.3. The standard InChI is InChI=1S/C103H65N9/c1-5-23-70(24-6-1)90-65-91(71-25-7-2-8-26-71)105-102(104-90)111-94-41-19-15-37-84(94)88-63-77(53-57-98(88)111)68-49-45-67(46-50-68)76-52-56-97-87(62-76)83-36-14-18-40-93(83)110(97)81-34-22-30-74(60-81)73-29-21-31-79(59-73)101-106-100(72-27-9-3-10-28-72)107-103(108-101)112-95-42-20-16-38-85(95)89-64-78(54-58-99(89)112)69-47-43-66(44-48-69)75-51-55-96-86(61-75)82-35-13-17-39-92(82)109(96)80-32-11-4-12-33-80/h1-65H. The number of para-hydroxylation sites is 5. The lowest BCUT2D eigenvalue weighted by Crippen LogP contribution is -2.06. The molecule has 22 aromatic rings. The number of rotatable bonds is 13. The smallest absolute Gasteiger partial charge is 0.238 e. The highest BCUT2D eigenvalue weighted by Crippen LogP contribution is 2.43. The van der Waals surface area contributed by atoms with Crippen LogP contribution in [0.5, 0.6) is 0 Å². The number of hydrogen-bond acceptors (Lipinski definition) is 5. The molecule has 0 spiro atoms. The molecule has 0 bridgehead atoms. The maximum atomic E-state index is 5.43. The molecule has 0 aliphatic rings. The lowest BCUT2D eigenvalue weighted by molar-refractivity contribution is 0.953. The first kappa shape index (κ1) is 64.0. The van der Waals surface area contributed by atoms with E-state index in [0.717, 1.165) is 144 Å². The van der Waals surface area contributed by atoms with Gasteiger partial charge in [0.25, 0.3) is 0 Å². The van der Waals surface area contributed by atoms with Gasteiger partial charge in [-0.05, 0) is 165 Å². The lowest BCUT2D eigenvalue weighted by Gasteiger charge is -2.13. The first-order valence-corrected chi connectivity index (χ1v) is 37.9. The third-order valence-corrected chi connectivity index (χ3v) is 22.3. The Bertz CT molecular complexity index is 7410. The minimum absolute atomic E-state index is 0.543. The second-order valence-corrected chi connectivity index (χ2v) is 28.8. The molecule has 9 heteroatoms. The van der Waals surface area contributed by atoms with E-state index in [-0.39, 0.29) is 0 Å². The number of fused-ring (bicyclic) bond motifs is 12. The van der Waals surface area contributed by atoms with E-state index in [1.165, 1.54) is 43.7 Å². The molecular weight excluding hydrogens is 1360 g/mol. The van der Waals surface area contributed by atoms with Crippen molar-refractivity contribution in [2.45, 2.75) is 0 Å². The van der Waals surface area contributed by atoms with Gasteiger partial charge in [-0.25, -0.2) is 15.0 Å². The molecule has 0 amide bonds. The molecule has 9 nitrogen and oxygen atoms in total. The van der Waals surface area contributed by atoms with Gasteiger partial charge in [-0.2, -0.15) is 9.97 Å². The molecule has 0 fully saturated rings. The average Bonchev–Trinajstić information content (AvgIpc) is 1.60. The van der Waals surface area contributed by atoms with Crippen molar-refractivity contribution >= 4 is 87.2 Å². The zero-order chi connectivity index (χ0) is 73.7. The molecule has 0 atom stereocenters. The van der Waals surface area contributed by atoms with Crippen LogP contribution in [-0.4, -0.2) is 43.2 Å². The third-order valence-electron chi connectivity index (χ3n) is 22.3. The zero-order valence-corrected chi connectivity index (χ0v) is 60.6. The van der Waals surface area contributed by atoms with Crippen LogP contribution in [0, 0.1) is 0 Å². The largest absolute Gasteiger partial charge is 0.309 e. The van der Waals surface area contributed by atoms with Crippen molar-refractivity contribution in [3.63, 3.8) is 0 Å². The van der Waals surface area contributed by atoms with E-state index >= 15 is 0 Å². The van der Waals surface area contributed by atoms with Crippen LogP contribution in [-0.2, 0) is 0 Å². The normalized spacial score (nSPS) is 11.8. The molecule has 0 radical (unpaired) electrons. The molecule has 0 aliphatic heterocycles. The topological polar surface area (TPSA) is 84.2 Å². The Hall–Kier alpha value is -15.2. The third kappa shape index (κ3) is 10.9. The van der Waals surface area contributed by atoms with Gasteiger partial charge in [-0.1, -0.05) is 285 Å². The van der Waals surface area contributed by atoms with Gasteiger partial charge in [0.1, 0.15) is 0 Å². The van der Waals surface area contributed by atoms with Gasteiger partial charge in [-0.15, -0.1) is 0 Å². The van der Waals surface area contributed by atoms with Crippen molar-refractivity contribution in [2.75, 3.05) is 0 Å². The summed E-state index contributed by atoms with van der Waals surface area (Å²) in [5.41, 5.74) is 27.9. The highest BCUT2D eigenvalue weighted by Gasteiger charge is 2.23. The maximum absolute atomic E-state index is 5.43. The van der Waals surface area contributed by atoms with Crippen molar-refractivity contribution in [3.8, 4) is 124 Å². The lowest BCUT2D eigenvalue weighted by atomic mass is 9.98. The quantitative estimate of drug-likeness (QED) is 0.115. The van der Waals surface area contributed by atoms with Gasteiger partial charge in [0.2, 0.25) is 11.9 Å². The van der Waals surface area contributed by atoms with Crippen molar-refractivity contribution in [2.24, 2.45) is 0 Å². The van der Waals surface area contributed by atoms with Gasteiger partial charge in [0.15, 0.2) is 11.6 Å². The fraction of sp³-hybridized carbons (Fsp3) is 0. The summed E-state index contributed by atoms with van der Waals surface area (Å²) in [5, 5.41) is 9.35. The summed E-state index contributed by atoms with van der Waals surface area (Å²) in [5.74, 6) is 2.34. The number of hydrogen-bond donors (Lipinski definition) is 0. The predicted octanol–water partition coefficient (Wildman–Crippen LogP) is 26.1. The van der Waals surface area contributed by atoms with Crippen LogP contribution in [0.4, 0.5) is 0 Å². The van der Waals surface area contributed by atoms with Crippen LogP contribution in [0.3, 0.4) is 0 Å². The minimum Gasteiger partial charge on any atom is -0.309 e. The molecule has 0 unspecified atom stereocenters. The average molecular weight is 1430 g/mol. The molecule has 0 saturated carbocycles. The molecule has 6 aromatic heterocycles. The van der Waals surface area contributed by atoms with Gasteiger partial charge in [0, 0.05) is 76.7 Å². The molecule has 0 N–H and O–H groups in total. The molecule has 16 aromatic carbocycles. The summed E-state index contributed by atoms with van der Waals surface area (Å²) in [6.45, 7) is 0. The Morgan fingerprint density at radius 3 is 0.848 bits per heavy atom. The van der Waals surface area contributed by atoms with E-state index in [1.807, 2.05) is 30.3 Å². The molecule has 0 aliphatic carbocycles. The molecule has 22 rings (SSSR count). The van der Waals surface area contributed by atoms with Crippen LogP contribution in [0.2, 0.25) is 0 Å². The second-order valence-electron chi connectivity index (χ2n) is 28.8. The summed E-state index contributed by atoms with van der Waals surface area (Å²) in [4.78, 5) is 26.6. The van der Waals surface area contributed by atoms with Crippen molar-refractivity contribution in [1.29, 1.82) is 0 Å². The Kier molecular flexibility index (Phi) is 15.1. The summed E-state index contributed by atoms with van der Waals surface area (Å²) >= 11 is 0. The van der Waals surface area contributed by atoms with Crippen molar-refractivity contribution in [3.05, 3.63) is 394 Å². The van der Waals surface area contributed by atoms with Crippen LogP contribution in [0.25, 0.3) is 211 Å². The zero-order valence-electron chi connectivity index (χ0n) is 60.6.